The lowest BCUT2D eigenvalue weighted by atomic mass is 9.96. The number of hydrogen-bond donors (Lipinski definition) is 1. The summed E-state index contributed by atoms with van der Waals surface area (Å²) in [6.45, 7) is 5.98. The first-order chi connectivity index (χ1) is 17.1. The minimum Gasteiger partial charge on any atom is -0.428 e. The fourth-order valence-electron chi connectivity index (χ4n) is 5.14. The number of cyclic esters (lactones) is 1. The number of benzene rings is 1. The Balaban J connectivity index is 0.000000176. The van der Waals surface area contributed by atoms with Gasteiger partial charge in [0.15, 0.2) is 0 Å². The van der Waals surface area contributed by atoms with Gasteiger partial charge in [0.25, 0.3) is 0 Å². The van der Waals surface area contributed by atoms with Crippen molar-refractivity contribution in [1.29, 1.82) is 0 Å². The molecule has 0 amide bonds. The Morgan fingerprint density at radius 2 is 1.72 bits per heavy atom. The van der Waals surface area contributed by atoms with Gasteiger partial charge in [-0.15, -0.1) is 4.78 Å². The molecule has 3 saturated carbocycles. The molecule has 6 unspecified atom stereocenters. The van der Waals surface area contributed by atoms with Crippen molar-refractivity contribution in [2.45, 2.75) is 84.3 Å². The molecule has 0 spiro atoms. The number of carbonyl (C=O) groups is 1. The molecule has 6 rings (SSSR count). The Morgan fingerprint density at radius 3 is 2.14 bits per heavy atom. The van der Waals surface area contributed by atoms with Gasteiger partial charge < -0.3 is 9.84 Å². The first-order valence-electron chi connectivity index (χ1n) is 12.9. The van der Waals surface area contributed by atoms with E-state index in [1.165, 1.54) is 32.1 Å². The Morgan fingerprint density at radius 1 is 1.06 bits per heavy atom. The van der Waals surface area contributed by atoms with Crippen LogP contribution in [-0.4, -0.2) is 25.4 Å². The van der Waals surface area contributed by atoms with Crippen molar-refractivity contribution in [3.05, 3.63) is 68.4 Å². The van der Waals surface area contributed by atoms with Gasteiger partial charge in [0.1, 0.15) is 8.24 Å². The highest BCUT2D eigenvalue weighted by Gasteiger charge is 2.38. The summed E-state index contributed by atoms with van der Waals surface area (Å²) in [6, 6.07) is 6.78. The van der Waals surface area contributed by atoms with Gasteiger partial charge in [0, 0.05) is 17.9 Å². The predicted octanol–water partition coefficient (Wildman–Crippen LogP) is 8.07. The average molecular weight is 514 g/mol. The monoisotopic (exact) mass is 513 g/mol. The summed E-state index contributed by atoms with van der Waals surface area (Å²) in [5.74, 6) is 2.58. The van der Waals surface area contributed by atoms with Crippen molar-refractivity contribution in [2.75, 3.05) is 0 Å². The van der Waals surface area contributed by atoms with Crippen LogP contribution in [0.2, 0.25) is 19.6 Å². The Bertz CT molecular complexity index is 1040. The van der Waals surface area contributed by atoms with Crippen molar-refractivity contribution >= 4 is 14.2 Å². The molecule has 1 aliphatic heterocycles. The number of ether oxygens (including phenoxy) is 1. The van der Waals surface area contributed by atoms with E-state index in [-0.39, 0.29) is 19.9 Å². The molecule has 36 heavy (non-hydrogen) atoms. The summed E-state index contributed by atoms with van der Waals surface area (Å²) in [6.07, 6.45) is 11.5. The van der Waals surface area contributed by atoms with Crippen molar-refractivity contribution in [3.8, 4) is 0 Å². The lowest BCUT2D eigenvalue weighted by Crippen LogP contribution is -2.13. The quantitative estimate of drug-likeness (QED) is 0.106. The highest BCUT2D eigenvalue weighted by Crippen LogP contribution is 2.45. The van der Waals surface area contributed by atoms with E-state index in [4.69, 9.17) is 17.5 Å². The van der Waals surface area contributed by atoms with Crippen LogP contribution in [0.5, 0.6) is 0 Å². The van der Waals surface area contributed by atoms with Crippen LogP contribution < -0.4 is 0 Å². The second-order valence-electron chi connectivity index (χ2n) is 10.6. The molecule has 196 valence electrons. The smallest absolute Gasteiger partial charge is 0.341 e. The SMILES string of the molecule is C.C1=CC2CCC1C2.C[Si](C)(C)N=[N+]=[N-].O=C1OC(O)c2ccccc21.[2H][C@@H]1C2CCC(C2)C1N=[N+]=[N-]. The maximum absolute atomic E-state index is 10.9. The van der Waals surface area contributed by atoms with Gasteiger partial charge >= 0.3 is 5.97 Å². The summed E-state index contributed by atoms with van der Waals surface area (Å²) in [7, 11) is -1.45. The average Bonchev–Trinajstić information content (AvgIpc) is 3.66. The molecule has 0 saturated heterocycles. The van der Waals surface area contributed by atoms with Crippen molar-refractivity contribution in [3.63, 3.8) is 0 Å². The van der Waals surface area contributed by atoms with Crippen LogP contribution in [-0.2, 0) is 4.74 Å². The third kappa shape index (κ3) is 8.42. The van der Waals surface area contributed by atoms with Crippen molar-refractivity contribution in [2.24, 2.45) is 33.6 Å². The van der Waals surface area contributed by atoms with E-state index >= 15 is 0 Å². The zero-order valence-electron chi connectivity index (χ0n) is 21.7. The Labute approximate surface area is 216 Å². The topological polar surface area (TPSA) is 144 Å². The number of carbonyl (C=O) groups excluding carboxylic acids is 1. The molecule has 4 bridgehead atoms. The van der Waals surface area contributed by atoms with Crippen LogP contribution >= 0.6 is 0 Å². The molecule has 3 fully saturated rings. The molecule has 9 nitrogen and oxygen atoms in total. The maximum Gasteiger partial charge on any atom is 0.341 e. The van der Waals surface area contributed by atoms with Crippen molar-refractivity contribution < 1.29 is 16.0 Å². The number of azide groups is 2. The Kier molecular flexibility index (Phi) is 10.4. The second kappa shape index (κ2) is 13.5. The van der Waals surface area contributed by atoms with Crippen LogP contribution in [0.1, 0.15) is 75.9 Å². The lowest BCUT2D eigenvalue weighted by molar-refractivity contribution is -0.0547. The molecule has 4 aliphatic carbocycles. The number of rotatable bonds is 2. The third-order valence-corrected chi connectivity index (χ3v) is 7.52. The zero-order valence-corrected chi connectivity index (χ0v) is 21.7. The first-order valence-corrected chi connectivity index (χ1v) is 15.8. The van der Waals surface area contributed by atoms with Crippen LogP contribution in [0.4, 0.5) is 0 Å². The number of aliphatic hydroxyl groups excluding tert-OH is 1. The van der Waals surface area contributed by atoms with Gasteiger partial charge in [-0.3, -0.25) is 0 Å². The minimum absolute atomic E-state index is 0. The number of aliphatic hydroxyl groups is 1. The number of hydrogen-bond acceptors (Lipinski definition) is 5. The summed E-state index contributed by atoms with van der Waals surface area (Å²) in [5, 5.41) is 12.8. The normalized spacial score (nSPS) is 31.8. The van der Waals surface area contributed by atoms with E-state index < -0.39 is 20.5 Å². The van der Waals surface area contributed by atoms with E-state index in [1.807, 2.05) is 19.6 Å². The van der Waals surface area contributed by atoms with Crippen molar-refractivity contribution in [1.82, 2.24) is 0 Å². The van der Waals surface area contributed by atoms with E-state index in [2.05, 4.69) is 36.6 Å². The summed E-state index contributed by atoms with van der Waals surface area (Å²) >= 11 is 0. The molecule has 1 heterocycles. The van der Waals surface area contributed by atoms with Crippen LogP contribution in [0.15, 0.2) is 46.3 Å². The van der Waals surface area contributed by atoms with Gasteiger partial charge in [0.05, 0.1) is 5.56 Å². The third-order valence-electron chi connectivity index (χ3n) is 6.83. The first kappa shape index (κ1) is 27.8. The lowest BCUT2D eigenvalue weighted by Gasteiger charge is -2.15. The molecule has 1 N–H and O–H groups in total. The van der Waals surface area contributed by atoms with Gasteiger partial charge in [-0.25, -0.2) is 4.79 Å². The molecule has 1 aromatic rings. The molecular formula is C26H40N6O3Si. The predicted molar refractivity (Wildman–Crippen MR) is 144 cm³/mol. The maximum atomic E-state index is 10.9. The van der Waals surface area contributed by atoms with Gasteiger partial charge in [-0.1, -0.05) is 69.0 Å². The van der Waals surface area contributed by atoms with Gasteiger partial charge in [-0.2, -0.15) is 0 Å². The number of nitrogens with zero attached hydrogens (tertiary/aromatic N) is 6. The van der Waals surface area contributed by atoms with Crippen LogP contribution in [0.3, 0.4) is 0 Å². The van der Waals surface area contributed by atoms with Crippen LogP contribution in [0, 0.1) is 23.7 Å². The van der Waals surface area contributed by atoms with E-state index in [0.29, 0.717) is 23.0 Å². The largest absolute Gasteiger partial charge is 0.428 e. The molecule has 7 atom stereocenters. The van der Waals surface area contributed by atoms with Gasteiger partial charge in [-0.05, 0) is 84.2 Å². The fraction of sp³-hybridized carbons (Fsp3) is 0.654. The van der Waals surface area contributed by atoms with E-state index in [9.17, 15) is 4.79 Å². The molecule has 1 aromatic carbocycles. The Hall–Kier alpha value is -2.77. The highest BCUT2D eigenvalue weighted by atomic mass is 28.3. The zero-order chi connectivity index (χ0) is 26.3. The number of fused-ring (bicyclic) bond motifs is 5. The summed E-state index contributed by atoms with van der Waals surface area (Å²) < 4.78 is 15.8. The van der Waals surface area contributed by atoms with Gasteiger partial charge in [0.2, 0.25) is 6.29 Å². The highest BCUT2D eigenvalue weighted by molar-refractivity contribution is 6.74. The number of esters is 1. The molecular weight excluding hydrogens is 472 g/mol. The molecule has 0 radical (unpaired) electrons. The molecule has 0 aromatic heterocycles. The minimum atomic E-state index is -1.45. The molecule has 10 heteroatoms. The summed E-state index contributed by atoms with van der Waals surface area (Å²) in [5.41, 5.74) is 17.2. The fourth-order valence-corrected chi connectivity index (χ4v) is 5.41. The molecule has 5 aliphatic rings. The van der Waals surface area contributed by atoms with E-state index in [0.717, 1.165) is 18.3 Å². The summed E-state index contributed by atoms with van der Waals surface area (Å²) in [4.78, 5) is 16.4. The second-order valence-corrected chi connectivity index (χ2v) is 15.2. The van der Waals surface area contributed by atoms with E-state index in [1.54, 1.807) is 24.3 Å². The van der Waals surface area contributed by atoms with Crippen LogP contribution in [0.25, 0.3) is 20.9 Å². The standard InChI is InChI=1S/C8H6O3.C7H11N3.C7H10.C3H9N3Si.CH4/c9-7-5-3-1-2-4-6(5)8(10)11-7;8-10-9-7-4-5-1-2-6(7)3-5;1-2-7-4-3-6(1)5-7;1-7(2,3)6-5-4;/h1-4,7,9H;5-7H,1-4H2;1-2,6-7H,3-5H2;1-3H3;1H4/i;4D;;;/t;4-,5?,6?,7?;;;/m.1.../s1. The number of allylic oxidation sites excluding steroid dienone is 2.